The van der Waals surface area contributed by atoms with Gasteiger partial charge in [0, 0.05) is 13.7 Å². The lowest BCUT2D eigenvalue weighted by atomic mass is 10.1. The molecule has 2 nitrogen and oxygen atoms in total. The molecule has 5 heteroatoms. The first-order valence-corrected chi connectivity index (χ1v) is 8.77. The van der Waals surface area contributed by atoms with Crippen LogP contribution in [0, 0.1) is 0 Å². The van der Waals surface area contributed by atoms with E-state index in [1.54, 1.807) is 18.4 Å². The zero-order chi connectivity index (χ0) is 13.2. The van der Waals surface area contributed by atoms with Crippen LogP contribution >= 0.6 is 43.2 Å². The maximum atomic E-state index is 4.98. The summed E-state index contributed by atoms with van der Waals surface area (Å²) in [7, 11) is 1.74. The Bertz CT molecular complexity index is 331. The number of methoxy groups -OCH3 is 1. The monoisotopic (exact) mass is 397 g/mol. The lowest BCUT2D eigenvalue weighted by Crippen LogP contribution is -2.20. The number of thiophene rings is 1. The minimum atomic E-state index is 0.807. The highest BCUT2D eigenvalue weighted by Crippen LogP contribution is 2.32. The highest BCUT2D eigenvalue weighted by molar-refractivity contribution is 9.12. The van der Waals surface area contributed by atoms with Crippen molar-refractivity contribution in [1.82, 2.24) is 5.32 Å². The van der Waals surface area contributed by atoms with Gasteiger partial charge < -0.3 is 10.1 Å². The van der Waals surface area contributed by atoms with Crippen LogP contribution < -0.4 is 5.32 Å². The normalized spacial score (nSPS) is 11.1. The molecule has 1 N–H and O–H groups in total. The van der Waals surface area contributed by atoms with Gasteiger partial charge >= 0.3 is 0 Å². The Kier molecular flexibility index (Phi) is 9.59. The Labute approximate surface area is 131 Å². The fraction of sp³-hybridized carbons (Fsp3) is 0.692. The quantitative estimate of drug-likeness (QED) is 0.581. The van der Waals surface area contributed by atoms with Gasteiger partial charge in [0.25, 0.3) is 0 Å². The summed E-state index contributed by atoms with van der Waals surface area (Å²) in [5.41, 5.74) is 1.44. The lowest BCUT2D eigenvalue weighted by Gasteiger charge is -2.04. The number of aryl methyl sites for hydroxylation is 1. The summed E-state index contributed by atoms with van der Waals surface area (Å²) in [5, 5.41) is 3.37. The Balaban J connectivity index is 1.94. The standard InChI is InChI=1S/C13H21Br2NOS/c1-17-9-8-16-7-5-3-2-4-6-11-10-12(14)18-13(11)15/h10,16H,2-9H2,1H3. The average Bonchev–Trinajstić information content (AvgIpc) is 2.66. The predicted octanol–water partition coefficient (Wildman–Crippen LogP) is 4.61. The van der Waals surface area contributed by atoms with E-state index in [0.717, 1.165) is 19.7 Å². The van der Waals surface area contributed by atoms with Gasteiger partial charge in [-0.1, -0.05) is 12.8 Å². The van der Waals surface area contributed by atoms with Crippen LogP contribution in [0.5, 0.6) is 0 Å². The molecule has 0 aliphatic rings. The third-order valence-electron chi connectivity index (χ3n) is 2.76. The molecule has 0 aromatic carbocycles. The highest BCUT2D eigenvalue weighted by Gasteiger charge is 2.04. The maximum absolute atomic E-state index is 4.98. The van der Waals surface area contributed by atoms with Crippen molar-refractivity contribution in [2.75, 3.05) is 26.8 Å². The molecule has 0 saturated heterocycles. The van der Waals surface area contributed by atoms with E-state index < -0.39 is 0 Å². The van der Waals surface area contributed by atoms with E-state index >= 15 is 0 Å². The van der Waals surface area contributed by atoms with E-state index in [2.05, 4.69) is 43.2 Å². The summed E-state index contributed by atoms with van der Waals surface area (Å²) >= 11 is 8.88. The molecule has 0 fully saturated rings. The van der Waals surface area contributed by atoms with Crippen molar-refractivity contribution in [3.05, 3.63) is 19.2 Å². The van der Waals surface area contributed by atoms with Crippen LogP contribution in [0.15, 0.2) is 13.6 Å². The van der Waals surface area contributed by atoms with Crippen LogP contribution in [0.4, 0.5) is 0 Å². The van der Waals surface area contributed by atoms with Gasteiger partial charge in [-0.3, -0.25) is 0 Å². The first-order chi connectivity index (χ1) is 8.74. The fourth-order valence-electron chi connectivity index (χ4n) is 1.76. The van der Waals surface area contributed by atoms with Gasteiger partial charge in [-0.05, 0) is 69.3 Å². The largest absolute Gasteiger partial charge is 0.383 e. The van der Waals surface area contributed by atoms with Crippen molar-refractivity contribution >= 4 is 43.2 Å². The number of nitrogens with one attached hydrogen (secondary N) is 1. The molecule has 18 heavy (non-hydrogen) atoms. The zero-order valence-corrected chi connectivity index (χ0v) is 14.8. The molecule has 0 atom stereocenters. The SMILES string of the molecule is COCCNCCCCCCc1cc(Br)sc1Br. The predicted molar refractivity (Wildman–Crippen MR) is 86.6 cm³/mol. The van der Waals surface area contributed by atoms with Crippen molar-refractivity contribution in [1.29, 1.82) is 0 Å². The highest BCUT2D eigenvalue weighted by atomic mass is 79.9. The third-order valence-corrected chi connectivity index (χ3v) is 5.22. The van der Waals surface area contributed by atoms with E-state index in [9.17, 15) is 0 Å². The topological polar surface area (TPSA) is 21.3 Å². The summed E-state index contributed by atoms with van der Waals surface area (Å²) in [4.78, 5) is 0. The second-order valence-corrected chi connectivity index (χ2v) is 8.01. The number of ether oxygens (including phenoxy) is 1. The minimum Gasteiger partial charge on any atom is -0.383 e. The van der Waals surface area contributed by atoms with Crippen LogP contribution in [0.2, 0.25) is 0 Å². The third kappa shape index (κ3) is 7.24. The van der Waals surface area contributed by atoms with Gasteiger partial charge in [0.05, 0.1) is 14.2 Å². The first-order valence-electron chi connectivity index (χ1n) is 6.37. The Hall–Kier alpha value is 0.580. The van der Waals surface area contributed by atoms with Gasteiger partial charge in [-0.15, -0.1) is 11.3 Å². The summed E-state index contributed by atoms with van der Waals surface area (Å²) in [6.07, 6.45) is 6.34. The number of halogens is 2. The van der Waals surface area contributed by atoms with Crippen LogP contribution in [-0.2, 0) is 11.2 Å². The summed E-state index contributed by atoms with van der Waals surface area (Å²) in [6.45, 7) is 2.88. The van der Waals surface area contributed by atoms with E-state index in [-0.39, 0.29) is 0 Å². The molecule has 104 valence electrons. The van der Waals surface area contributed by atoms with E-state index in [4.69, 9.17) is 4.74 Å². The average molecular weight is 399 g/mol. The molecule has 0 aliphatic heterocycles. The van der Waals surface area contributed by atoms with Crippen molar-refractivity contribution in [3.8, 4) is 0 Å². The second kappa shape index (κ2) is 10.4. The molecule has 0 bridgehead atoms. The Morgan fingerprint density at radius 2 is 1.94 bits per heavy atom. The smallest absolute Gasteiger partial charge is 0.0742 e. The summed E-state index contributed by atoms with van der Waals surface area (Å²) in [5.74, 6) is 0. The number of rotatable bonds is 10. The van der Waals surface area contributed by atoms with E-state index in [0.29, 0.717) is 0 Å². The number of hydrogen-bond donors (Lipinski definition) is 1. The fourth-order valence-corrected chi connectivity index (χ4v) is 4.68. The summed E-state index contributed by atoms with van der Waals surface area (Å²) in [6, 6.07) is 2.22. The minimum absolute atomic E-state index is 0.807. The van der Waals surface area contributed by atoms with Crippen molar-refractivity contribution < 1.29 is 4.74 Å². The first kappa shape index (κ1) is 16.6. The molecular weight excluding hydrogens is 378 g/mol. The molecule has 0 aliphatic carbocycles. The molecule has 0 spiro atoms. The van der Waals surface area contributed by atoms with Crippen molar-refractivity contribution in [3.63, 3.8) is 0 Å². The van der Waals surface area contributed by atoms with Gasteiger partial charge in [0.1, 0.15) is 0 Å². The van der Waals surface area contributed by atoms with Gasteiger partial charge in [0.15, 0.2) is 0 Å². The molecule has 1 aromatic rings. The Morgan fingerprint density at radius 1 is 1.17 bits per heavy atom. The molecule has 1 heterocycles. The van der Waals surface area contributed by atoms with Crippen LogP contribution in [0.1, 0.15) is 31.2 Å². The van der Waals surface area contributed by atoms with Crippen molar-refractivity contribution in [2.45, 2.75) is 32.1 Å². The van der Waals surface area contributed by atoms with Gasteiger partial charge in [-0.2, -0.15) is 0 Å². The molecule has 0 amide bonds. The second-order valence-electron chi connectivity index (χ2n) is 4.26. The molecule has 0 saturated carbocycles. The molecule has 0 radical (unpaired) electrons. The zero-order valence-electron chi connectivity index (χ0n) is 10.8. The Morgan fingerprint density at radius 3 is 2.61 bits per heavy atom. The van der Waals surface area contributed by atoms with Gasteiger partial charge in [-0.25, -0.2) is 0 Å². The molecule has 1 rings (SSSR count). The van der Waals surface area contributed by atoms with Crippen LogP contribution in [-0.4, -0.2) is 26.8 Å². The lowest BCUT2D eigenvalue weighted by molar-refractivity contribution is 0.199. The van der Waals surface area contributed by atoms with Crippen molar-refractivity contribution in [2.24, 2.45) is 0 Å². The maximum Gasteiger partial charge on any atom is 0.0742 e. The van der Waals surface area contributed by atoms with Crippen LogP contribution in [0.3, 0.4) is 0 Å². The van der Waals surface area contributed by atoms with E-state index in [1.807, 2.05) is 0 Å². The molecule has 0 unspecified atom stereocenters. The van der Waals surface area contributed by atoms with Crippen LogP contribution in [0.25, 0.3) is 0 Å². The molecular formula is C13H21Br2NOS. The van der Waals surface area contributed by atoms with E-state index in [1.165, 1.54) is 45.2 Å². The number of unbranched alkanes of at least 4 members (excludes halogenated alkanes) is 3. The summed E-state index contributed by atoms with van der Waals surface area (Å²) < 4.78 is 7.47. The van der Waals surface area contributed by atoms with Gasteiger partial charge in [0.2, 0.25) is 0 Å². The molecule has 1 aromatic heterocycles. The number of hydrogen-bond acceptors (Lipinski definition) is 3.